The Bertz CT molecular complexity index is 806. The standard InChI is InChI=1S/C16H15NO7S2/c1-23-9-4-3-8(11(6-9)24-2)5-12-14(20)17(16(25)26-12)10(15(21)22)7-13(18)19/h3-6,10H,7H2,1-2H3,(H,18,19)(H,21,22)/p-2/b12-5+/t10-/m0/s1. The van der Waals surface area contributed by atoms with Crippen LogP contribution >= 0.6 is 24.0 Å². The number of ether oxygens (including phenoxy) is 2. The molecule has 1 aromatic carbocycles. The summed E-state index contributed by atoms with van der Waals surface area (Å²) in [6, 6.07) is 3.19. The van der Waals surface area contributed by atoms with Gasteiger partial charge in [0.05, 0.1) is 31.1 Å². The van der Waals surface area contributed by atoms with Gasteiger partial charge in [-0.3, -0.25) is 9.69 Å². The van der Waals surface area contributed by atoms with Crippen molar-refractivity contribution < 1.29 is 34.1 Å². The van der Waals surface area contributed by atoms with E-state index >= 15 is 0 Å². The Labute approximate surface area is 158 Å². The summed E-state index contributed by atoms with van der Waals surface area (Å²) >= 11 is 5.89. The number of amides is 1. The van der Waals surface area contributed by atoms with Gasteiger partial charge in [-0.2, -0.15) is 0 Å². The van der Waals surface area contributed by atoms with Crippen molar-refractivity contribution >= 4 is 52.2 Å². The summed E-state index contributed by atoms with van der Waals surface area (Å²) in [6.45, 7) is 0. The largest absolute Gasteiger partial charge is 0.550 e. The van der Waals surface area contributed by atoms with E-state index in [9.17, 15) is 24.6 Å². The number of carboxylic acids is 2. The zero-order chi connectivity index (χ0) is 19.4. The number of carboxylic acid groups (broad SMARTS) is 2. The van der Waals surface area contributed by atoms with Gasteiger partial charge in [-0.15, -0.1) is 0 Å². The second kappa shape index (κ2) is 8.19. The summed E-state index contributed by atoms with van der Waals surface area (Å²) in [5, 5.41) is 22.0. The maximum Gasteiger partial charge on any atom is 0.266 e. The number of hydrogen-bond donors (Lipinski definition) is 0. The average molecular weight is 395 g/mol. The van der Waals surface area contributed by atoms with Crippen molar-refractivity contribution in [3.05, 3.63) is 28.7 Å². The minimum absolute atomic E-state index is 0.0795. The molecule has 0 aromatic heterocycles. The molecular weight excluding hydrogens is 382 g/mol. The minimum atomic E-state index is -1.74. The minimum Gasteiger partial charge on any atom is -0.550 e. The second-order valence-corrected chi connectivity index (χ2v) is 6.75. The number of carbonyl (C=O) groups is 3. The number of carbonyl (C=O) groups excluding carboxylic acids is 3. The molecule has 1 atom stereocenters. The van der Waals surface area contributed by atoms with E-state index in [-0.39, 0.29) is 9.23 Å². The molecule has 0 aliphatic carbocycles. The first kappa shape index (κ1) is 19.7. The van der Waals surface area contributed by atoms with Crippen molar-refractivity contribution in [3.63, 3.8) is 0 Å². The third-order valence-electron chi connectivity index (χ3n) is 3.49. The molecule has 8 nitrogen and oxygen atoms in total. The highest BCUT2D eigenvalue weighted by Gasteiger charge is 2.38. The predicted molar refractivity (Wildman–Crippen MR) is 93.0 cm³/mol. The van der Waals surface area contributed by atoms with Crippen molar-refractivity contribution in [3.8, 4) is 11.5 Å². The van der Waals surface area contributed by atoms with Gasteiger partial charge in [0.2, 0.25) is 0 Å². The molecule has 2 rings (SSSR count). The first-order valence-corrected chi connectivity index (χ1v) is 8.40. The zero-order valence-electron chi connectivity index (χ0n) is 13.7. The van der Waals surface area contributed by atoms with Crippen LogP contribution in [0.15, 0.2) is 23.1 Å². The average Bonchev–Trinajstić information content (AvgIpc) is 2.86. The molecule has 1 heterocycles. The molecule has 1 aromatic rings. The predicted octanol–water partition coefficient (Wildman–Crippen LogP) is -0.837. The van der Waals surface area contributed by atoms with Gasteiger partial charge in [0, 0.05) is 24.0 Å². The number of aliphatic carboxylic acids is 2. The molecule has 1 fully saturated rings. The second-order valence-electron chi connectivity index (χ2n) is 5.07. The summed E-state index contributed by atoms with van der Waals surface area (Å²) in [5.74, 6) is -3.10. The van der Waals surface area contributed by atoms with Gasteiger partial charge < -0.3 is 29.3 Å². The van der Waals surface area contributed by atoms with E-state index in [4.69, 9.17) is 21.7 Å². The van der Waals surface area contributed by atoms with Crippen LogP contribution in [0, 0.1) is 0 Å². The summed E-state index contributed by atoms with van der Waals surface area (Å²) in [5.41, 5.74) is 0.540. The summed E-state index contributed by atoms with van der Waals surface area (Å²) in [7, 11) is 2.94. The number of thioether (sulfide) groups is 1. The SMILES string of the molecule is COc1ccc(/C=C2/SC(=S)N([C@@H](CC(=O)[O-])C(=O)[O-])C2=O)c(OC)c1. The normalized spacial score (nSPS) is 16.7. The van der Waals surface area contributed by atoms with Gasteiger partial charge in [0.1, 0.15) is 15.8 Å². The van der Waals surface area contributed by atoms with Crippen LogP contribution in [0.25, 0.3) is 6.08 Å². The van der Waals surface area contributed by atoms with Crippen LogP contribution in [0.4, 0.5) is 0 Å². The Morgan fingerprint density at radius 2 is 2.00 bits per heavy atom. The van der Waals surface area contributed by atoms with Gasteiger partial charge in [-0.05, 0) is 18.2 Å². The van der Waals surface area contributed by atoms with Crippen molar-refractivity contribution in [2.45, 2.75) is 12.5 Å². The maximum atomic E-state index is 12.5. The first-order valence-electron chi connectivity index (χ1n) is 7.18. The lowest BCUT2D eigenvalue weighted by Gasteiger charge is -2.27. The van der Waals surface area contributed by atoms with E-state index in [1.54, 1.807) is 18.2 Å². The van der Waals surface area contributed by atoms with Gasteiger partial charge in [-0.25, -0.2) is 0 Å². The lowest BCUT2D eigenvalue weighted by Crippen LogP contribution is -2.52. The van der Waals surface area contributed by atoms with Crippen LogP contribution in [0.5, 0.6) is 11.5 Å². The molecule has 26 heavy (non-hydrogen) atoms. The van der Waals surface area contributed by atoms with Crippen LogP contribution in [-0.4, -0.2) is 47.3 Å². The molecule has 0 N–H and O–H groups in total. The Hall–Kier alpha value is -2.59. The van der Waals surface area contributed by atoms with E-state index in [0.717, 1.165) is 11.8 Å². The fourth-order valence-corrected chi connectivity index (χ4v) is 3.61. The zero-order valence-corrected chi connectivity index (χ0v) is 15.3. The van der Waals surface area contributed by atoms with Crippen LogP contribution in [-0.2, 0) is 14.4 Å². The lowest BCUT2D eigenvalue weighted by molar-refractivity contribution is -0.319. The molecular formula is C16H13NO7S2-2. The van der Waals surface area contributed by atoms with Crippen LogP contribution in [0.3, 0.4) is 0 Å². The van der Waals surface area contributed by atoms with E-state index in [0.29, 0.717) is 22.0 Å². The molecule has 0 radical (unpaired) electrons. The number of rotatable bonds is 7. The van der Waals surface area contributed by atoms with E-state index in [1.165, 1.54) is 20.3 Å². The Morgan fingerprint density at radius 1 is 1.31 bits per heavy atom. The maximum absolute atomic E-state index is 12.5. The van der Waals surface area contributed by atoms with E-state index < -0.39 is 30.3 Å². The highest BCUT2D eigenvalue weighted by molar-refractivity contribution is 8.26. The molecule has 1 amide bonds. The Morgan fingerprint density at radius 3 is 2.54 bits per heavy atom. The quantitative estimate of drug-likeness (QED) is 0.430. The van der Waals surface area contributed by atoms with Gasteiger partial charge >= 0.3 is 0 Å². The third-order valence-corrected chi connectivity index (χ3v) is 4.82. The van der Waals surface area contributed by atoms with Crippen molar-refractivity contribution in [2.24, 2.45) is 0 Å². The number of benzene rings is 1. The fraction of sp³-hybridized carbons (Fsp3) is 0.250. The summed E-state index contributed by atoms with van der Waals surface area (Å²) in [4.78, 5) is 35.4. The number of nitrogens with zero attached hydrogens (tertiary/aromatic N) is 1. The van der Waals surface area contributed by atoms with Crippen molar-refractivity contribution in [1.82, 2.24) is 4.90 Å². The van der Waals surface area contributed by atoms with E-state index in [1.807, 2.05) is 0 Å². The van der Waals surface area contributed by atoms with Crippen LogP contribution in [0.2, 0.25) is 0 Å². The van der Waals surface area contributed by atoms with Crippen molar-refractivity contribution in [2.75, 3.05) is 14.2 Å². The molecule has 0 saturated carbocycles. The molecule has 0 bridgehead atoms. The number of thiocarbonyl (C=S) groups is 1. The van der Waals surface area contributed by atoms with Crippen LogP contribution in [0.1, 0.15) is 12.0 Å². The first-order chi connectivity index (χ1) is 12.3. The molecule has 0 spiro atoms. The topological polar surface area (TPSA) is 119 Å². The Kier molecular flexibility index (Phi) is 6.22. The lowest BCUT2D eigenvalue weighted by atomic mass is 10.1. The van der Waals surface area contributed by atoms with Gasteiger partial charge in [0.25, 0.3) is 5.91 Å². The molecule has 0 unspecified atom stereocenters. The highest BCUT2D eigenvalue weighted by atomic mass is 32.2. The highest BCUT2D eigenvalue weighted by Crippen LogP contribution is 2.36. The summed E-state index contributed by atoms with van der Waals surface area (Å²) < 4.78 is 10.3. The molecule has 1 aliphatic rings. The molecule has 10 heteroatoms. The fourth-order valence-electron chi connectivity index (χ4n) is 2.27. The monoisotopic (exact) mass is 395 g/mol. The van der Waals surface area contributed by atoms with Gasteiger partial charge in [0.15, 0.2) is 0 Å². The molecule has 1 aliphatic heterocycles. The van der Waals surface area contributed by atoms with Gasteiger partial charge in [-0.1, -0.05) is 24.0 Å². The number of methoxy groups -OCH3 is 2. The summed E-state index contributed by atoms with van der Waals surface area (Å²) in [6.07, 6.45) is 0.552. The van der Waals surface area contributed by atoms with Crippen LogP contribution < -0.4 is 19.7 Å². The van der Waals surface area contributed by atoms with Crippen molar-refractivity contribution in [1.29, 1.82) is 0 Å². The molecule has 138 valence electrons. The van der Waals surface area contributed by atoms with E-state index in [2.05, 4.69) is 0 Å². The number of hydrogen-bond acceptors (Lipinski definition) is 9. The molecule has 1 saturated heterocycles. The third kappa shape index (κ3) is 4.14. The Balaban J connectivity index is 2.37. The smallest absolute Gasteiger partial charge is 0.266 e.